The summed E-state index contributed by atoms with van der Waals surface area (Å²) in [6.45, 7) is 13.3. The van der Waals surface area contributed by atoms with Crippen LogP contribution in [-0.4, -0.2) is 61.7 Å². The standard InChI is InChI=1S/C13H27N3/c1-10-5-14-6-13(10)9-16-7-11(2)15(4)12(3)8-16/h10-14H,5-9H2,1-4H3. The number of hydrogen-bond acceptors (Lipinski definition) is 3. The van der Waals surface area contributed by atoms with Gasteiger partial charge in [-0.05, 0) is 45.8 Å². The second-order valence-electron chi connectivity index (χ2n) is 5.98. The highest BCUT2D eigenvalue weighted by molar-refractivity contribution is 4.87. The molecule has 1 N–H and O–H groups in total. The van der Waals surface area contributed by atoms with Gasteiger partial charge in [0.15, 0.2) is 0 Å². The van der Waals surface area contributed by atoms with Crippen LogP contribution in [0.2, 0.25) is 0 Å². The van der Waals surface area contributed by atoms with Crippen molar-refractivity contribution in [1.29, 1.82) is 0 Å². The minimum absolute atomic E-state index is 0.702. The zero-order valence-corrected chi connectivity index (χ0v) is 11.2. The van der Waals surface area contributed by atoms with Crippen LogP contribution in [0.15, 0.2) is 0 Å². The van der Waals surface area contributed by atoms with Crippen LogP contribution >= 0.6 is 0 Å². The molecule has 2 saturated heterocycles. The van der Waals surface area contributed by atoms with Gasteiger partial charge < -0.3 is 5.32 Å². The molecule has 0 aliphatic carbocycles. The van der Waals surface area contributed by atoms with Crippen molar-refractivity contribution in [2.45, 2.75) is 32.9 Å². The number of nitrogens with zero attached hydrogens (tertiary/aromatic N) is 2. The maximum Gasteiger partial charge on any atom is 0.0195 e. The molecule has 4 unspecified atom stereocenters. The van der Waals surface area contributed by atoms with E-state index in [-0.39, 0.29) is 0 Å². The Balaban J connectivity index is 1.86. The number of rotatable bonds is 2. The number of nitrogens with one attached hydrogen (secondary N) is 1. The SMILES string of the molecule is CC1CNCC1CN1CC(C)N(C)C(C)C1. The molecule has 2 heterocycles. The molecule has 0 spiro atoms. The molecule has 0 bridgehead atoms. The van der Waals surface area contributed by atoms with E-state index in [1.54, 1.807) is 0 Å². The van der Waals surface area contributed by atoms with Crippen LogP contribution in [0.4, 0.5) is 0 Å². The maximum atomic E-state index is 3.51. The molecule has 2 aliphatic heterocycles. The summed E-state index contributed by atoms with van der Waals surface area (Å²) < 4.78 is 0. The Bertz CT molecular complexity index is 219. The summed E-state index contributed by atoms with van der Waals surface area (Å²) in [5.41, 5.74) is 0. The van der Waals surface area contributed by atoms with E-state index in [0.717, 1.165) is 11.8 Å². The Hall–Kier alpha value is -0.120. The van der Waals surface area contributed by atoms with Gasteiger partial charge in [0.25, 0.3) is 0 Å². The van der Waals surface area contributed by atoms with Gasteiger partial charge >= 0.3 is 0 Å². The van der Waals surface area contributed by atoms with Crippen molar-refractivity contribution < 1.29 is 0 Å². The summed E-state index contributed by atoms with van der Waals surface area (Å²) in [5.74, 6) is 1.72. The second kappa shape index (κ2) is 5.03. The number of hydrogen-bond donors (Lipinski definition) is 1. The van der Waals surface area contributed by atoms with Crippen LogP contribution in [0.5, 0.6) is 0 Å². The summed E-state index contributed by atoms with van der Waals surface area (Å²) >= 11 is 0. The molecule has 0 saturated carbocycles. The molecule has 4 atom stereocenters. The van der Waals surface area contributed by atoms with Crippen LogP contribution in [0, 0.1) is 11.8 Å². The van der Waals surface area contributed by atoms with E-state index in [9.17, 15) is 0 Å². The van der Waals surface area contributed by atoms with E-state index >= 15 is 0 Å². The Labute approximate surface area is 100 Å². The van der Waals surface area contributed by atoms with E-state index in [1.807, 2.05) is 0 Å². The maximum absolute atomic E-state index is 3.51. The van der Waals surface area contributed by atoms with E-state index in [4.69, 9.17) is 0 Å². The fourth-order valence-corrected chi connectivity index (χ4v) is 3.10. The van der Waals surface area contributed by atoms with Gasteiger partial charge in [-0.25, -0.2) is 0 Å². The molecule has 0 aromatic carbocycles. The van der Waals surface area contributed by atoms with Crippen molar-refractivity contribution in [1.82, 2.24) is 15.1 Å². The van der Waals surface area contributed by atoms with Crippen LogP contribution in [0.1, 0.15) is 20.8 Å². The summed E-state index contributed by atoms with van der Waals surface area (Å²) in [6.07, 6.45) is 0. The van der Waals surface area contributed by atoms with Crippen molar-refractivity contribution in [3.05, 3.63) is 0 Å². The van der Waals surface area contributed by atoms with Crippen LogP contribution < -0.4 is 5.32 Å². The van der Waals surface area contributed by atoms with Gasteiger partial charge in [0.1, 0.15) is 0 Å². The first kappa shape index (κ1) is 12.3. The molecule has 2 fully saturated rings. The van der Waals surface area contributed by atoms with Crippen molar-refractivity contribution in [2.24, 2.45) is 11.8 Å². The van der Waals surface area contributed by atoms with Gasteiger partial charge in [0, 0.05) is 31.7 Å². The quantitative estimate of drug-likeness (QED) is 0.752. The lowest BCUT2D eigenvalue weighted by molar-refractivity contribution is 0.0490. The van der Waals surface area contributed by atoms with Gasteiger partial charge in [-0.2, -0.15) is 0 Å². The average molecular weight is 225 g/mol. The van der Waals surface area contributed by atoms with Crippen LogP contribution in [-0.2, 0) is 0 Å². The molecule has 3 nitrogen and oxygen atoms in total. The van der Waals surface area contributed by atoms with Crippen LogP contribution in [0.3, 0.4) is 0 Å². The molecule has 0 aromatic rings. The molecule has 3 heteroatoms. The van der Waals surface area contributed by atoms with E-state index in [0.29, 0.717) is 12.1 Å². The minimum atomic E-state index is 0.702. The first-order valence-electron chi connectivity index (χ1n) is 6.73. The predicted octanol–water partition coefficient (Wildman–Crippen LogP) is 0.866. The molecular weight excluding hydrogens is 198 g/mol. The van der Waals surface area contributed by atoms with Gasteiger partial charge in [-0.15, -0.1) is 0 Å². The van der Waals surface area contributed by atoms with Gasteiger partial charge in [-0.1, -0.05) is 6.92 Å². The van der Waals surface area contributed by atoms with Gasteiger partial charge in [0.2, 0.25) is 0 Å². The lowest BCUT2D eigenvalue weighted by Gasteiger charge is -2.43. The van der Waals surface area contributed by atoms with Crippen molar-refractivity contribution >= 4 is 0 Å². The summed E-state index contributed by atoms with van der Waals surface area (Å²) in [7, 11) is 2.26. The minimum Gasteiger partial charge on any atom is -0.316 e. The van der Waals surface area contributed by atoms with E-state index in [1.165, 1.54) is 32.7 Å². The van der Waals surface area contributed by atoms with Crippen LogP contribution in [0.25, 0.3) is 0 Å². The lowest BCUT2D eigenvalue weighted by Crippen LogP contribution is -2.55. The summed E-state index contributed by atoms with van der Waals surface area (Å²) in [4.78, 5) is 5.18. The third-order valence-corrected chi connectivity index (χ3v) is 4.61. The lowest BCUT2D eigenvalue weighted by atomic mass is 9.96. The molecule has 94 valence electrons. The number of piperazine rings is 1. The first-order chi connectivity index (χ1) is 7.58. The predicted molar refractivity (Wildman–Crippen MR) is 68.7 cm³/mol. The molecule has 2 rings (SSSR count). The Kier molecular flexibility index (Phi) is 3.88. The zero-order chi connectivity index (χ0) is 11.7. The number of likely N-dealkylation sites (N-methyl/N-ethyl adjacent to an activating group) is 1. The highest BCUT2D eigenvalue weighted by atomic mass is 15.3. The van der Waals surface area contributed by atoms with Crippen molar-refractivity contribution in [3.8, 4) is 0 Å². The molecular formula is C13H27N3. The smallest absolute Gasteiger partial charge is 0.0195 e. The van der Waals surface area contributed by atoms with Gasteiger partial charge in [-0.3, -0.25) is 9.80 Å². The highest BCUT2D eigenvalue weighted by Gasteiger charge is 2.30. The van der Waals surface area contributed by atoms with Crippen molar-refractivity contribution in [3.63, 3.8) is 0 Å². The second-order valence-corrected chi connectivity index (χ2v) is 5.98. The molecule has 0 amide bonds. The van der Waals surface area contributed by atoms with E-state index in [2.05, 4.69) is 42.9 Å². The third kappa shape index (κ3) is 2.58. The molecule has 16 heavy (non-hydrogen) atoms. The topological polar surface area (TPSA) is 18.5 Å². The monoisotopic (exact) mass is 225 g/mol. The normalized spacial score (nSPS) is 42.8. The van der Waals surface area contributed by atoms with E-state index < -0.39 is 0 Å². The first-order valence-corrected chi connectivity index (χ1v) is 6.73. The average Bonchev–Trinajstić information content (AvgIpc) is 2.61. The van der Waals surface area contributed by atoms with Crippen molar-refractivity contribution in [2.75, 3.05) is 39.8 Å². The highest BCUT2D eigenvalue weighted by Crippen LogP contribution is 2.20. The molecule has 2 aliphatic rings. The Morgan fingerprint density at radius 2 is 1.69 bits per heavy atom. The molecule has 0 aromatic heterocycles. The summed E-state index contributed by atoms with van der Waals surface area (Å²) in [5, 5.41) is 3.51. The largest absolute Gasteiger partial charge is 0.316 e. The van der Waals surface area contributed by atoms with Gasteiger partial charge in [0.05, 0.1) is 0 Å². The Morgan fingerprint density at radius 3 is 2.19 bits per heavy atom. The fraction of sp³-hybridized carbons (Fsp3) is 1.00. The molecule has 0 radical (unpaired) electrons. The fourth-order valence-electron chi connectivity index (χ4n) is 3.10. The third-order valence-electron chi connectivity index (χ3n) is 4.61. The zero-order valence-electron chi connectivity index (χ0n) is 11.2. The summed E-state index contributed by atoms with van der Waals surface area (Å²) in [6, 6.07) is 1.40. The Morgan fingerprint density at radius 1 is 1.06 bits per heavy atom.